The second-order valence-corrected chi connectivity index (χ2v) is 5.61. The summed E-state index contributed by atoms with van der Waals surface area (Å²) in [6.45, 7) is 1.86. The van der Waals surface area contributed by atoms with Crippen LogP contribution < -0.4 is 10.6 Å². The average Bonchev–Trinajstić information content (AvgIpc) is 2.56. The zero-order valence-corrected chi connectivity index (χ0v) is 13.5. The Balaban J connectivity index is 1.99. The van der Waals surface area contributed by atoms with E-state index < -0.39 is 5.97 Å². The average molecular weight is 327 g/mol. The predicted molar refractivity (Wildman–Crippen MR) is 91.9 cm³/mol. The van der Waals surface area contributed by atoms with Gasteiger partial charge in [-0.3, -0.25) is 9.78 Å². The molecular weight excluding hydrogens is 306 g/mol. The number of nitrogens with one attached hydrogen (secondary N) is 2. The molecule has 24 heavy (non-hydrogen) atoms. The lowest BCUT2D eigenvalue weighted by Gasteiger charge is -2.19. The van der Waals surface area contributed by atoms with E-state index in [-0.39, 0.29) is 18.5 Å². The van der Waals surface area contributed by atoms with Crippen molar-refractivity contribution in [1.82, 2.24) is 10.3 Å². The Labute approximate surface area is 140 Å². The number of carbonyl (C=O) groups is 2. The first-order chi connectivity index (χ1) is 11.5. The molecule has 3 N–H and O–H groups in total. The fourth-order valence-corrected chi connectivity index (χ4v) is 2.38. The predicted octanol–water partition coefficient (Wildman–Crippen LogP) is 2.99. The summed E-state index contributed by atoms with van der Waals surface area (Å²) >= 11 is 0. The molecule has 1 aromatic heterocycles. The summed E-state index contributed by atoms with van der Waals surface area (Å²) in [5, 5.41) is 14.5. The first-order valence-electron chi connectivity index (χ1n) is 7.78. The van der Waals surface area contributed by atoms with E-state index in [2.05, 4.69) is 15.6 Å². The van der Waals surface area contributed by atoms with Crippen molar-refractivity contribution < 1.29 is 14.7 Å². The summed E-state index contributed by atoms with van der Waals surface area (Å²) in [6.07, 6.45) is 4.23. The minimum atomic E-state index is -0.875. The summed E-state index contributed by atoms with van der Waals surface area (Å²) in [6, 6.07) is 10.8. The van der Waals surface area contributed by atoms with Crippen LogP contribution in [0.2, 0.25) is 0 Å². The summed E-state index contributed by atoms with van der Waals surface area (Å²) in [5.41, 5.74) is 2.59. The zero-order chi connectivity index (χ0) is 17.4. The van der Waals surface area contributed by atoms with Crippen molar-refractivity contribution in [2.45, 2.75) is 32.2 Å². The van der Waals surface area contributed by atoms with Crippen LogP contribution in [0.1, 0.15) is 24.0 Å². The van der Waals surface area contributed by atoms with Crippen LogP contribution in [-0.2, 0) is 11.2 Å². The van der Waals surface area contributed by atoms with Crippen molar-refractivity contribution in [1.29, 1.82) is 0 Å². The van der Waals surface area contributed by atoms with E-state index in [0.717, 1.165) is 11.1 Å². The van der Waals surface area contributed by atoms with Crippen molar-refractivity contribution >= 4 is 17.7 Å². The Morgan fingerprint density at radius 1 is 1.21 bits per heavy atom. The largest absolute Gasteiger partial charge is 0.481 e. The number of anilines is 1. The minimum Gasteiger partial charge on any atom is -0.481 e. The molecule has 0 radical (unpaired) electrons. The van der Waals surface area contributed by atoms with Gasteiger partial charge in [-0.1, -0.05) is 30.3 Å². The van der Waals surface area contributed by atoms with Crippen LogP contribution in [-0.4, -0.2) is 28.1 Å². The van der Waals surface area contributed by atoms with Gasteiger partial charge in [-0.05, 0) is 37.0 Å². The quantitative estimate of drug-likeness (QED) is 0.729. The van der Waals surface area contributed by atoms with Gasteiger partial charge in [-0.2, -0.15) is 0 Å². The van der Waals surface area contributed by atoms with Gasteiger partial charge < -0.3 is 15.7 Å². The van der Waals surface area contributed by atoms with Crippen LogP contribution in [0, 0.1) is 6.92 Å². The molecule has 1 aromatic carbocycles. The molecule has 0 aliphatic heterocycles. The van der Waals surface area contributed by atoms with E-state index in [1.54, 1.807) is 18.5 Å². The van der Waals surface area contributed by atoms with E-state index in [1.165, 1.54) is 0 Å². The summed E-state index contributed by atoms with van der Waals surface area (Å²) < 4.78 is 0. The summed E-state index contributed by atoms with van der Waals surface area (Å²) in [4.78, 5) is 27.0. The Morgan fingerprint density at radius 2 is 1.96 bits per heavy atom. The van der Waals surface area contributed by atoms with E-state index in [0.29, 0.717) is 18.5 Å². The van der Waals surface area contributed by atoms with Crippen molar-refractivity contribution in [2.75, 3.05) is 5.32 Å². The van der Waals surface area contributed by atoms with Crippen LogP contribution in [0.3, 0.4) is 0 Å². The van der Waals surface area contributed by atoms with Crippen molar-refractivity contribution in [3.63, 3.8) is 0 Å². The third kappa shape index (κ3) is 5.72. The number of nitrogens with zero attached hydrogens (tertiary/aromatic N) is 1. The van der Waals surface area contributed by atoms with Crippen molar-refractivity contribution in [3.05, 3.63) is 59.9 Å². The Kier molecular flexibility index (Phi) is 6.31. The zero-order valence-electron chi connectivity index (χ0n) is 13.5. The van der Waals surface area contributed by atoms with E-state index in [9.17, 15) is 9.59 Å². The lowest BCUT2D eigenvalue weighted by Crippen LogP contribution is -2.39. The number of carboxylic acid groups (broad SMARTS) is 1. The fourth-order valence-electron chi connectivity index (χ4n) is 2.38. The molecule has 1 unspecified atom stereocenters. The highest BCUT2D eigenvalue weighted by Gasteiger charge is 2.15. The number of amides is 2. The number of urea groups is 1. The minimum absolute atomic E-state index is 0.00602. The number of aromatic nitrogens is 1. The Morgan fingerprint density at radius 3 is 2.62 bits per heavy atom. The molecule has 126 valence electrons. The maximum absolute atomic E-state index is 12.2. The molecule has 1 atom stereocenters. The first-order valence-corrected chi connectivity index (χ1v) is 7.78. The molecule has 2 amide bonds. The van der Waals surface area contributed by atoms with Gasteiger partial charge in [0.15, 0.2) is 0 Å². The van der Waals surface area contributed by atoms with Gasteiger partial charge in [0.05, 0.1) is 0 Å². The molecule has 0 bridgehead atoms. The number of hydrogen-bond donors (Lipinski definition) is 3. The van der Waals surface area contributed by atoms with E-state index >= 15 is 0 Å². The van der Waals surface area contributed by atoms with Crippen molar-refractivity contribution in [3.8, 4) is 0 Å². The third-order valence-corrected chi connectivity index (χ3v) is 3.64. The molecule has 2 aromatic rings. The molecule has 6 heteroatoms. The van der Waals surface area contributed by atoms with Gasteiger partial charge in [-0.15, -0.1) is 0 Å². The van der Waals surface area contributed by atoms with Gasteiger partial charge in [0.25, 0.3) is 0 Å². The lowest BCUT2D eigenvalue weighted by molar-refractivity contribution is -0.137. The normalized spacial score (nSPS) is 11.5. The van der Waals surface area contributed by atoms with Gasteiger partial charge in [0.1, 0.15) is 0 Å². The van der Waals surface area contributed by atoms with Gasteiger partial charge in [0.2, 0.25) is 0 Å². The van der Waals surface area contributed by atoms with Crippen LogP contribution in [0.4, 0.5) is 10.5 Å². The van der Waals surface area contributed by atoms with Gasteiger partial charge in [-0.25, -0.2) is 4.79 Å². The Hall–Kier alpha value is -2.89. The van der Waals surface area contributed by atoms with Gasteiger partial charge in [0, 0.05) is 30.5 Å². The smallest absolute Gasteiger partial charge is 0.319 e. The highest BCUT2D eigenvalue weighted by atomic mass is 16.4. The maximum atomic E-state index is 12.2. The molecule has 0 fully saturated rings. The number of rotatable bonds is 7. The number of carboxylic acids is 1. The molecular formula is C18H21N3O3. The number of carbonyl (C=O) groups excluding carboxylic acids is 1. The fraction of sp³-hybridized carbons (Fsp3) is 0.278. The summed E-state index contributed by atoms with van der Waals surface area (Å²) in [7, 11) is 0. The second-order valence-electron chi connectivity index (χ2n) is 5.61. The monoisotopic (exact) mass is 327 g/mol. The Bertz CT molecular complexity index is 689. The molecule has 0 saturated heterocycles. The number of hydrogen-bond acceptors (Lipinski definition) is 3. The molecule has 0 spiro atoms. The highest BCUT2D eigenvalue weighted by Crippen LogP contribution is 2.12. The molecule has 0 saturated carbocycles. The second kappa shape index (κ2) is 8.67. The van der Waals surface area contributed by atoms with Gasteiger partial charge >= 0.3 is 12.0 Å². The van der Waals surface area contributed by atoms with E-state index in [1.807, 2.05) is 37.3 Å². The third-order valence-electron chi connectivity index (χ3n) is 3.64. The lowest BCUT2D eigenvalue weighted by atomic mass is 10.0. The van der Waals surface area contributed by atoms with Crippen LogP contribution in [0.5, 0.6) is 0 Å². The number of aliphatic carboxylic acids is 1. The highest BCUT2D eigenvalue weighted by molar-refractivity contribution is 5.90. The van der Waals surface area contributed by atoms with Crippen LogP contribution >= 0.6 is 0 Å². The van der Waals surface area contributed by atoms with Crippen molar-refractivity contribution in [2.24, 2.45) is 0 Å². The van der Waals surface area contributed by atoms with Crippen LogP contribution in [0.25, 0.3) is 0 Å². The van der Waals surface area contributed by atoms with Crippen LogP contribution in [0.15, 0.2) is 48.8 Å². The number of aryl methyl sites for hydroxylation is 1. The molecule has 1 heterocycles. The molecule has 2 rings (SSSR count). The standard InChI is InChI=1S/C18H21N3O3/c1-13-12-19-10-9-16(13)21-18(24)20-15(7-8-17(22)23)11-14-5-3-2-4-6-14/h2-6,9-10,12,15H,7-8,11H2,1H3,(H,22,23)(H2,19,20,21,24). The number of pyridine rings is 1. The number of benzene rings is 1. The summed E-state index contributed by atoms with van der Waals surface area (Å²) in [5.74, 6) is -0.875. The molecule has 6 nitrogen and oxygen atoms in total. The SMILES string of the molecule is Cc1cnccc1NC(=O)NC(CCC(=O)O)Cc1ccccc1. The van der Waals surface area contributed by atoms with E-state index in [4.69, 9.17) is 5.11 Å². The molecule has 0 aliphatic rings. The first kappa shape index (κ1) is 17.5. The molecule has 0 aliphatic carbocycles. The topological polar surface area (TPSA) is 91.3 Å². The maximum Gasteiger partial charge on any atom is 0.319 e.